The van der Waals surface area contributed by atoms with Crippen molar-refractivity contribution in [2.45, 2.75) is 12.8 Å². The van der Waals surface area contributed by atoms with Crippen molar-refractivity contribution in [3.8, 4) is 5.88 Å². The summed E-state index contributed by atoms with van der Waals surface area (Å²) in [7, 11) is 4.49. The first kappa shape index (κ1) is 20.4. The standard InChI is InChI=1S/C20H24N4O5/c1-23-12-15(18(22-23)28-2)19(26)24-10-8-13(9-11-24)17(25)21-16-7-5-4-6-14(16)20(27)29-3/h4-7,12-13H,8-11H2,1-3H3,(H,21,25). The molecule has 2 amide bonds. The summed E-state index contributed by atoms with van der Waals surface area (Å²) in [5, 5.41) is 6.93. The van der Waals surface area contributed by atoms with Gasteiger partial charge in [-0.15, -0.1) is 5.10 Å². The third kappa shape index (κ3) is 4.39. The Bertz CT molecular complexity index is 915. The molecular formula is C20H24N4O5. The van der Waals surface area contributed by atoms with Crippen molar-refractivity contribution in [3.05, 3.63) is 41.6 Å². The first-order valence-corrected chi connectivity index (χ1v) is 9.29. The summed E-state index contributed by atoms with van der Waals surface area (Å²) in [6.45, 7) is 0.904. The summed E-state index contributed by atoms with van der Waals surface area (Å²) in [6.07, 6.45) is 2.69. The fraction of sp³-hybridized carbons (Fsp3) is 0.400. The third-order valence-corrected chi connectivity index (χ3v) is 4.96. The van der Waals surface area contributed by atoms with Crippen LogP contribution in [-0.4, -0.2) is 59.8 Å². The number of ether oxygens (including phenoxy) is 2. The minimum absolute atomic E-state index is 0.162. The van der Waals surface area contributed by atoms with Gasteiger partial charge < -0.3 is 19.7 Å². The second kappa shape index (κ2) is 8.76. The fourth-order valence-electron chi connectivity index (χ4n) is 3.40. The highest BCUT2D eigenvalue weighted by atomic mass is 16.5. The van der Waals surface area contributed by atoms with Crippen molar-refractivity contribution < 1.29 is 23.9 Å². The second-order valence-electron chi connectivity index (χ2n) is 6.82. The van der Waals surface area contributed by atoms with Crippen LogP contribution in [0, 0.1) is 5.92 Å². The van der Waals surface area contributed by atoms with E-state index < -0.39 is 5.97 Å². The lowest BCUT2D eigenvalue weighted by molar-refractivity contribution is -0.121. The van der Waals surface area contributed by atoms with E-state index in [9.17, 15) is 14.4 Å². The van der Waals surface area contributed by atoms with Gasteiger partial charge in [0.25, 0.3) is 5.91 Å². The normalized spacial score (nSPS) is 14.4. The van der Waals surface area contributed by atoms with Gasteiger partial charge in [-0.3, -0.25) is 14.3 Å². The molecule has 0 spiro atoms. The Kier molecular flexibility index (Phi) is 6.16. The van der Waals surface area contributed by atoms with Crippen LogP contribution in [0.25, 0.3) is 0 Å². The van der Waals surface area contributed by atoms with E-state index in [0.29, 0.717) is 42.7 Å². The number of aromatic nitrogens is 2. The van der Waals surface area contributed by atoms with Gasteiger partial charge in [-0.1, -0.05) is 12.1 Å². The number of amides is 2. The molecule has 1 aliphatic rings. The van der Waals surface area contributed by atoms with E-state index in [2.05, 4.69) is 10.4 Å². The Labute approximate surface area is 168 Å². The molecule has 29 heavy (non-hydrogen) atoms. The highest BCUT2D eigenvalue weighted by molar-refractivity contribution is 6.02. The first-order chi connectivity index (χ1) is 13.9. The third-order valence-electron chi connectivity index (χ3n) is 4.96. The van der Waals surface area contributed by atoms with Crippen LogP contribution in [0.15, 0.2) is 30.5 Å². The number of piperidine rings is 1. The molecule has 0 unspecified atom stereocenters. The highest BCUT2D eigenvalue weighted by Crippen LogP contribution is 2.24. The molecule has 2 heterocycles. The highest BCUT2D eigenvalue weighted by Gasteiger charge is 2.30. The summed E-state index contributed by atoms with van der Waals surface area (Å²) >= 11 is 0. The number of carbonyl (C=O) groups excluding carboxylic acids is 3. The molecule has 154 valence electrons. The maximum Gasteiger partial charge on any atom is 0.339 e. The molecule has 1 N–H and O–H groups in total. The number of likely N-dealkylation sites (tertiary alicyclic amines) is 1. The molecule has 1 aromatic heterocycles. The van der Waals surface area contributed by atoms with Crippen LogP contribution in [0.4, 0.5) is 5.69 Å². The van der Waals surface area contributed by atoms with Crippen molar-refractivity contribution in [3.63, 3.8) is 0 Å². The largest absolute Gasteiger partial charge is 0.479 e. The number of aryl methyl sites for hydroxylation is 1. The molecule has 0 atom stereocenters. The minimum Gasteiger partial charge on any atom is -0.479 e. The molecule has 1 saturated heterocycles. The fourth-order valence-corrected chi connectivity index (χ4v) is 3.40. The Morgan fingerprint density at radius 3 is 2.45 bits per heavy atom. The van der Waals surface area contributed by atoms with E-state index in [1.807, 2.05) is 0 Å². The van der Waals surface area contributed by atoms with Crippen molar-refractivity contribution in [1.82, 2.24) is 14.7 Å². The zero-order valence-corrected chi connectivity index (χ0v) is 16.7. The van der Waals surface area contributed by atoms with Crippen LogP contribution >= 0.6 is 0 Å². The predicted octanol–water partition coefficient (Wildman–Crippen LogP) is 1.71. The Morgan fingerprint density at radius 1 is 1.10 bits per heavy atom. The summed E-state index contributed by atoms with van der Waals surface area (Å²) in [5.74, 6) is -0.804. The van der Waals surface area contributed by atoms with Crippen molar-refractivity contribution in [1.29, 1.82) is 0 Å². The second-order valence-corrected chi connectivity index (χ2v) is 6.82. The molecule has 0 saturated carbocycles. The number of para-hydroxylation sites is 1. The molecule has 3 rings (SSSR count). The molecule has 0 radical (unpaired) electrons. The molecule has 1 aliphatic heterocycles. The predicted molar refractivity (Wildman–Crippen MR) is 105 cm³/mol. The number of benzene rings is 1. The van der Waals surface area contributed by atoms with Crippen molar-refractivity contribution in [2.24, 2.45) is 13.0 Å². The zero-order chi connectivity index (χ0) is 21.0. The van der Waals surface area contributed by atoms with E-state index in [1.54, 1.807) is 42.4 Å². The quantitative estimate of drug-likeness (QED) is 0.767. The van der Waals surface area contributed by atoms with Gasteiger partial charge in [0.1, 0.15) is 5.56 Å². The Morgan fingerprint density at radius 2 is 1.79 bits per heavy atom. The summed E-state index contributed by atoms with van der Waals surface area (Å²) in [6, 6.07) is 6.71. The van der Waals surface area contributed by atoms with E-state index in [0.717, 1.165) is 0 Å². The molecule has 1 aromatic carbocycles. The van der Waals surface area contributed by atoms with Gasteiger partial charge in [0, 0.05) is 32.3 Å². The first-order valence-electron chi connectivity index (χ1n) is 9.29. The average Bonchev–Trinajstić information content (AvgIpc) is 3.13. The lowest BCUT2D eigenvalue weighted by Crippen LogP contribution is -2.41. The van der Waals surface area contributed by atoms with E-state index >= 15 is 0 Å². The average molecular weight is 400 g/mol. The summed E-state index contributed by atoms with van der Waals surface area (Å²) in [5.41, 5.74) is 1.13. The number of nitrogens with zero attached hydrogens (tertiary/aromatic N) is 3. The number of methoxy groups -OCH3 is 2. The Balaban J connectivity index is 1.62. The molecule has 0 aliphatic carbocycles. The van der Waals surface area contributed by atoms with Crippen LogP contribution in [0.5, 0.6) is 5.88 Å². The zero-order valence-electron chi connectivity index (χ0n) is 16.7. The smallest absolute Gasteiger partial charge is 0.339 e. The van der Waals surface area contributed by atoms with E-state index in [1.165, 1.54) is 18.9 Å². The number of anilines is 1. The van der Waals surface area contributed by atoms with Gasteiger partial charge in [-0.25, -0.2) is 4.79 Å². The number of esters is 1. The lowest BCUT2D eigenvalue weighted by Gasteiger charge is -2.31. The SMILES string of the molecule is COC(=O)c1ccccc1NC(=O)C1CCN(C(=O)c2cn(C)nc2OC)CC1. The maximum absolute atomic E-state index is 12.8. The van der Waals surface area contributed by atoms with Gasteiger partial charge >= 0.3 is 5.97 Å². The van der Waals surface area contributed by atoms with Gasteiger partial charge in [0.05, 0.1) is 25.5 Å². The van der Waals surface area contributed by atoms with Gasteiger partial charge in [-0.2, -0.15) is 0 Å². The minimum atomic E-state index is -0.508. The maximum atomic E-state index is 12.8. The van der Waals surface area contributed by atoms with Crippen LogP contribution in [0.1, 0.15) is 33.6 Å². The number of hydrogen-bond donors (Lipinski definition) is 1. The van der Waals surface area contributed by atoms with Crippen LogP contribution in [0.3, 0.4) is 0 Å². The molecule has 1 fully saturated rings. The molecular weight excluding hydrogens is 376 g/mol. The van der Waals surface area contributed by atoms with E-state index in [4.69, 9.17) is 9.47 Å². The summed E-state index contributed by atoms with van der Waals surface area (Å²) in [4.78, 5) is 39.0. The topological polar surface area (TPSA) is 103 Å². The monoisotopic (exact) mass is 400 g/mol. The van der Waals surface area contributed by atoms with Crippen LogP contribution < -0.4 is 10.1 Å². The lowest BCUT2D eigenvalue weighted by atomic mass is 9.95. The Hall–Kier alpha value is -3.36. The van der Waals surface area contributed by atoms with E-state index in [-0.39, 0.29) is 23.6 Å². The van der Waals surface area contributed by atoms with Crippen LogP contribution in [0.2, 0.25) is 0 Å². The number of carbonyl (C=O) groups is 3. The van der Waals surface area contributed by atoms with Gasteiger partial charge in [0.15, 0.2) is 0 Å². The summed E-state index contributed by atoms with van der Waals surface area (Å²) < 4.78 is 11.5. The molecule has 2 aromatic rings. The number of nitrogens with one attached hydrogen (secondary N) is 1. The van der Waals surface area contributed by atoms with Gasteiger partial charge in [0.2, 0.25) is 11.8 Å². The van der Waals surface area contributed by atoms with Crippen LogP contribution in [-0.2, 0) is 16.6 Å². The molecule has 0 bridgehead atoms. The number of rotatable bonds is 5. The van der Waals surface area contributed by atoms with Crippen molar-refractivity contribution in [2.75, 3.05) is 32.6 Å². The van der Waals surface area contributed by atoms with Gasteiger partial charge in [-0.05, 0) is 25.0 Å². The molecule has 9 heteroatoms. The molecule has 9 nitrogen and oxygen atoms in total. The number of hydrogen-bond acceptors (Lipinski definition) is 6. The van der Waals surface area contributed by atoms with Crippen molar-refractivity contribution >= 4 is 23.5 Å².